The molecule has 0 fully saturated rings. The van der Waals surface area contributed by atoms with Crippen LogP contribution in [-0.4, -0.2) is 36.3 Å². The fourth-order valence-electron chi connectivity index (χ4n) is 4.39. The van der Waals surface area contributed by atoms with Crippen LogP contribution >= 0.6 is 0 Å². The molecule has 0 amide bonds. The van der Waals surface area contributed by atoms with Crippen LogP contribution in [0.4, 0.5) is 11.5 Å². The lowest BCUT2D eigenvalue weighted by atomic mass is 9.93. The number of H-pyrrole nitrogens is 1. The highest BCUT2D eigenvalue weighted by molar-refractivity contribution is 6.00. The van der Waals surface area contributed by atoms with Crippen LogP contribution in [0.25, 0.3) is 0 Å². The molecule has 1 unspecified atom stereocenters. The highest BCUT2D eigenvalue weighted by Crippen LogP contribution is 2.39. The maximum atomic E-state index is 7.29. The summed E-state index contributed by atoms with van der Waals surface area (Å²) in [6, 6.07) is 28.3. The van der Waals surface area contributed by atoms with Crippen LogP contribution in [0.15, 0.2) is 96.2 Å². The van der Waals surface area contributed by atoms with Crippen LogP contribution in [0.2, 0.25) is 0 Å². The Hall–Kier alpha value is -4.14. The van der Waals surface area contributed by atoms with Crippen molar-refractivity contribution in [3.05, 3.63) is 108 Å². The first-order chi connectivity index (χ1) is 17.7. The van der Waals surface area contributed by atoms with Gasteiger partial charge in [0.15, 0.2) is 5.82 Å². The van der Waals surface area contributed by atoms with Crippen molar-refractivity contribution in [3.63, 3.8) is 0 Å². The van der Waals surface area contributed by atoms with Crippen molar-refractivity contribution >= 4 is 17.5 Å². The molecule has 0 radical (unpaired) electrons. The summed E-state index contributed by atoms with van der Waals surface area (Å²) in [5.74, 6) is 2.05. The molecule has 3 aromatic carbocycles. The van der Waals surface area contributed by atoms with Gasteiger partial charge >= 0.3 is 0 Å². The molecular formula is C28H30N6O2. The number of ether oxygens (including phenoxy) is 2. The molecular weight excluding hydrogens is 452 g/mol. The van der Waals surface area contributed by atoms with Gasteiger partial charge in [0, 0.05) is 25.8 Å². The monoisotopic (exact) mass is 482 g/mol. The summed E-state index contributed by atoms with van der Waals surface area (Å²) in [7, 11) is 1.66. The third-order valence-electron chi connectivity index (χ3n) is 6.12. The van der Waals surface area contributed by atoms with Gasteiger partial charge in [-0.2, -0.15) is 4.99 Å². The smallest absolute Gasteiger partial charge is 0.207 e. The summed E-state index contributed by atoms with van der Waals surface area (Å²) in [6.45, 7) is 1.61. The summed E-state index contributed by atoms with van der Waals surface area (Å²) in [5.41, 5.74) is 10.1. The first-order valence-electron chi connectivity index (χ1n) is 11.9. The van der Waals surface area contributed by atoms with Crippen molar-refractivity contribution in [2.24, 2.45) is 10.7 Å². The van der Waals surface area contributed by atoms with Gasteiger partial charge in [0.1, 0.15) is 23.7 Å². The van der Waals surface area contributed by atoms with Crippen molar-refractivity contribution in [3.8, 4) is 5.75 Å². The number of nitrogens with two attached hydrogens (primary N) is 1. The third-order valence-corrected chi connectivity index (χ3v) is 6.12. The topological polar surface area (TPSA) is 101 Å². The van der Waals surface area contributed by atoms with Gasteiger partial charge in [-0.15, -0.1) is 0 Å². The Balaban J connectivity index is 1.53. The molecule has 5 rings (SSSR count). The van der Waals surface area contributed by atoms with Crippen molar-refractivity contribution < 1.29 is 9.47 Å². The fourth-order valence-corrected chi connectivity index (χ4v) is 4.39. The van der Waals surface area contributed by atoms with E-state index in [-0.39, 0.29) is 0 Å². The largest absolute Gasteiger partial charge is 0.491 e. The van der Waals surface area contributed by atoms with Gasteiger partial charge in [0.25, 0.3) is 0 Å². The van der Waals surface area contributed by atoms with Gasteiger partial charge in [-0.3, -0.25) is 4.90 Å². The SMILES string of the molecule is COCCOc1ccc(N2C(NCc3ccccc3)=Nc3[nH]cnc3C2(N)Cc2ccccc2)cc1. The van der Waals surface area contributed by atoms with Crippen molar-refractivity contribution in [1.29, 1.82) is 0 Å². The Labute approximate surface area is 210 Å². The lowest BCUT2D eigenvalue weighted by molar-refractivity contribution is 0.146. The number of nitrogens with one attached hydrogen (secondary N) is 2. The van der Waals surface area contributed by atoms with E-state index in [1.54, 1.807) is 13.4 Å². The van der Waals surface area contributed by atoms with Gasteiger partial charge in [-0.1, -0.05) is 60.7 Å². The van der Waals surface area contributed by atoms with Gasteiger partial charge in [-0.25, -0.2) is 4.98 Å². The average Bonchev–Trinajstić information content (AvgIpc) is 3.39. The van der Waals surface area contributed by atoms with Crippen LogP contribution in [-0.2, 0) is 23.4 Å². The maximum absolute atomic E-state index is 7.29. The molecule has 1 aromatic heterocycles. The van der Waals surface area contributed by atoms with Crippen molar-refractivity contribution in [2.75, 3.05) is 25.2 Å². The summed E-state index contributed by atoms with van der Waals surface area (Å²) >= 11 is 0. The van der Waals surface area contributed by atoms with E-state index in [2.05, 4.69) is 39.6 Å². The molecule has 0 aliphatic carbocycles. The Morgan fingerprint density at radius 3 is 2.31 bits per heavy atom. The van der Waals surface area contributed by atoms with Crippen LogP contribution in [0.3, 0.4) is 0 Å². The van der Waals surface area contributed by atoms with Crippen molar-refractivity contribution in [1.82, 2.24) is 15.3 Å². The zero-order valence-corrected chi connectivity index (χ0v) is 20.2. The van der Waals surface area contributed by atoms with E-state index < -0.39 is 5.66 Å². The Bertz CT molecular complexity index is 1290. The Morgan fingerprint density at radius 2 is 1.61 bits per heavy atom. The van der Waals surface area contributed by atoms with E-state index in [1.807, 2.05) is 65.6 Å². The van der Waals surface area contributed by atoms with Gasteiger partial charge in [0.05, 0.1) is 12.9 Å². The van der Waals surface area contributed by atoms with Crippen LogP contribution in [0.1, 0.15) is 16.8 Å². The predicted molar refractivity (Wildman–Crippen MR) is 141 cm³/mol. The summed E-state index contributed by atoms with van der Waals surface area (Å²) in [4.78, 5) is 14.7. The number of benzene rings is 3. The molecule has 184 valence electrons. The average molecular weight is 483 g/mol. The molecule has 4 N–H and O–H groups in total. The molecule has 1 aliphatic heterocycles. The lowest BCUT2D eigenvalue weighted by Gasteiger charge is -2.44. The Kier molecular flexibility index (Phi) is 6.97. The molecule has 0 bridgehead atoms. The molecule has 1 aliphatic rings. The normalized spacial score (nSPS) is 16.8. The minimum atomic E-state index is -0.990. The molecule has 0 saturated carbocycles. The predicted octanol–water partition coefficient (Wildman–Crippen LogP) is 4.09. The highest BCUT2D eigenvalue weighted by atomic mass is 16.5. The van der Waals surface area contributed by atoms with Crippen molar-refractivity contribution in [2.45, 2.75) is 18.6 Å². The van der Waals surface area contributed by atoms with E-state index in [4.69, 9.17) is 20.2 Å². The molecule has 0 saturated heterocycles. The van der Waals surface area contributed by atoms with E-state index in [1.165, 1.54) is 0 Å². The molecule has 2 heterocycles. The highest BCUT2D eigenvalue weighted by Gasteiger charge is 2.44. The van der Waals surface area contributed by atoms with E-state index in [9.17, 15) is 0 Å². The number of fused-ring (bicyclic) bond motifs is 1. The Morgan fingerprint density at radius 1 is 0.917 bits per heavy atom. The first kappa shape index (κ1) is 23.6. The first-order valence-corrected chi connectivity index (χ1v) is 11.9. The second-order valence-corrected chi connectivity index (χ2v) is 8.63. The summed E-state index contributed by atoms with van der Waals surface area (Å²) in [5, 5.41) is 3.52. The number of nitrogens with zero attached hydrogens (tertiary/aromatic N) is 3. The van der Waals surface area contributed by atoms with Gasteiger partial charge < -0.3 is 25.5 Å². The second-order valence-electron chi connectivity index (χ2n) is 8.63. The number of anilines is 1. The van der Waals surface area contributed by atoms with E-state index >= 15 is 0 Å². The minimum absolute atomic E-state index is 0.483. The zero-order chi connectivity index (χ0) is 24.8. The third kappa shape index (κ3) is 4.95. The summed E-state index contributed by atoms with van der Waals surface area (Å²) < 4.78 is 10.9. The molecule has 8 heteroatoms. The number of aliphatic imine (C=N–C) groups is 1. The number of guanidine groups is 1. The number of methoxy groups -OCH3 is 1. The molecule has 8 nitrogen and oxygen atoms in total. The standard InChI is InChI=1S/C28H30N6O2/c1-35-16-17-36-24-14-12-23(13-15-24)34-27(30-19-22-10-6-3-7-11-22)33-26-25(31-20-32-26)28(34,29)18-21-8-4-2-5-9-21/h2-15,20H,16-19,29H2,1H3,(H,30,33)(H,31,32). The van der Waals surface area contributed by atoms with E-state index in [0.29, 0.717) is 43.7 Å². The second kappa shape index (κ2) is 10.6. The molecule has 0 spiro atoms. The number of hydrogen-bond donors (Lipinski definition) is 3. The van der Waals surface area contributed by atoms with Gasteiger partial charge in [0.2, 0.25) is 5.96 Å². The number of aromatic nitrogens is 2. The van der Waals surface area contributed by atoms with Crippen LogP contribution < -0.4 is 20.7 Å². The molecule has 1 atom stereocenters. The quantitative estimate of drug-likeness (QED) is 0.311. The number of rotatable bonds is 9. The van der Waals surface area contributed by atoms with Crippen LogP contribution in [0, 0.1) is 0 Å². The zero-order valence-electron chi connectivity index (χ0n) is 20.2. The summed E-state index contributed by atoms with van der Waals surface area (Å²) in [6.07, 6.45) is 2.18. The minimum Gasteiger partial charge on any atom is -0.491 e. The van der Waals surface area contributed by atoms with E-state index in [0.717, 1.165) is 22.6 Å². The van der Waals surface area contributed by atoms with Crippen LogP contribution in [0.5, 0.6) is 5.75 Å². The fraction of sp³-hybridized carbons (Fsp3) is 0.214. The molecule has 4 aromatic rings. The van der Waals surface area contributed by atoms with Gasteiger partial charge in [-0.05, 0) is 35.4 Å². The maximum Gasteiger partial charge on any atom is 0.207 e. The molecule has 36 heavy (non-hydrogen) atoms. The number of imidazole rings is 1. The lowest BCUT2D eigenvalue weighted by Crippen LogP contribution is -2.62. The number of hydrogen-bond acceptors (Lipinski definition) is 7. The number of aromatic amines is 1.